The van der Waals surface area contributed by atoms with Gasteiger partial charge in [-0.3, -0.25) is 20.0 Å². The molecule has 8 heteroatoms. The van der Waals surface area contributed by atoms with Gasteiger partial charge >= 0.3 is 6.03 Å². The van der Waals surface area contributed by atoms with E-state index < -0.39 is 17.6 Å². The van der Waals surface area contributed by atoms with Crippen LogP contribution in [0.1, 0.15) is 5.69 Å². The molecule has 1 aromatic rings. The lowest BCUT2D eigenvalue weighted by Gasteiger charge is -2.26. The fourth-order valence-electron chi connectivity index (χ4n) is 2.18. The minimum atomic E-state index is -1.74. The highest BCUT2D eigenvalue weighted by atomic mass is 35.5. The van der Waals surface area contributed by atoms with Gasteiger partial charge < -0.3 is 10.5 Å². The summed E-state index contributed by atoms with van der Waals surface area (Å²) in [5.41, 5.74) is -1.38. The number of amides is 3. The Labute approximate surface area is 105 Å². The second kappa shape index (κ2) is 3.14. The average molecular weight is 267 g/mol. The Hall–Kier alpha value is -2.28. The normalized spacial score (nSPS) is 24.8. The molecule has 2 aliphatic heterocycles. The molecule has 0 bridgehead atoms. The molecular weight excluding hydrogens is 260 g/mol. The van der Waals surface area contributed by atoms with Crippen LogP contribution in [-0.2, 0) is 10.5 Å². The number of aromatic nitrogens is 1. The van der Waals surface area contributed by atoms with Crippen molar-refractivity contribution in [1.82, 2.24) is 15.2 Å². The number of carbonyl (C=O) groups is 2. The van der Waals surface area contributed by atoms with Crippen LogP contribution in [0.5, 0.6) is 0 Å². The third-order valence-electron chi connectivity index (χ3n) is 2.89. The molecule has 1 fully saturated rings. The van der Waals surface area contributed by atoms with Crippen LogP contribution in [0, 0.1) is 5.41 Å². The van der Waals surface area contributed by atoms with E-state index in [1.807, 2.05) is 5.32 Å². The minimum absolute atomic E-state index is 0.0650. The van der Waals surface area contributed by atoms with E-state index in [2.05, 4.69) is 5.32 Å². The Morgan fingerprint density at radius 1 is 1.39 bits per heavy atom. The Morgan fingerprint density at radius 3 is 2.72 bits per heavy atom. The summed E-state index contributed by atoms with van der Waals surface area (Å²) in [6.07, 6.45) is 1.29. The zero-order valence-corrected chi connectivity index (χ0v) is 9.58. The molecule has 4 N–H and O–H groups in total. The number of nitrogens with zero attached hydrogens (tertiary/aromatic N) is 1. The van der Waals surface area contributed by atoms with Gasteiger partial charge in [0.2, 0.25) is 0 Å². The maximum absolute atomic E-state index is 11.9. The molecule has 2 aliphatic rings. The first-order valence-electron chi connectivity index (χ1n) is 4.97. The fourth-order valence-corrected chi connectivity index (χ4v) is 2.53. The lowest BCUT2D eigenvalue weighted by atomic mass is 10.1. The number of fused-ring (bicyclic) bond motifs is 2. The molecule has 0 radical (unpaired) electrons. The Bertz CT molecular complexity index is 693. The summed E-state index contributed by atoms with van der Waals surface area (Å²) < 4.78 is 1.27. The minimum Gasteiger partial charge on any atom is -0.507 e. The fraction of sp³-hybridized carbons (Fsp3) is 0.100. The second-order valence-corrected chi connectivity index (χ2v) is 4.36. The van der Waals surface area contributed by atoms with E-state index in [1.54, 1.807) is 0 Å². The molecule has 0 aliphatic carbocycles. The number of pyridine rings is 1. The van der Waals surface area contributed by atoms with Crippen LogP contribution in [0.4, 0.5) is 4.79 Å². The van der Waals surface area contributed by atoms with E-state index in [0.29, 0.717) is 5.69 Å². The van der Waals surface area contributed by atoms with Crippen molar-refractivity contribution in [3.05, 3.63) is 34.1 Å². The summed E-state index contributed by atoms with van der Waals surface area (Å²) in [5, 5.41) is 22.1. The molecular formula is C10H7ClN4O3. The molecule has 0 saturated carbocycles. The third kappa shape index (κ3) is 1.11. The molecule has 3 amide bonds. The van der Waals surface area contributed by atoms with Gasteiger partial charge in [0, 0.05) is 6.08 Å². The molecule has 1 spiro atoms. The number of nitrogens with one attached hydrogen (secondary N) is 3. The average Bonchev–Trinajstić information content (AvgIpc) is 2.67. The van der Waals surface area contributed by atoms with E-state index >= 15 is 0 Å². The number of rotatable bonds is 0. The predicted molar refractivity (Wildman–Crippen MR) is 60.6 cm³/mol. The van der Waals surface area contributed by atoms with E-state index in [9.17, 15) is 14.7 Å². The topological polar surface area (TPSA) is 107 Å². The summed E-state index contributed by atoms with van der Waals surface area (Å²) in [6.45, 7) is 0. The lowest BCUT2D eigenvalue weighted by molar-refractivity contribution is -0.126. The summed E-state index contributed by atoms with van der Waals surface area (Å²) in [5.74, 6) is -1.07. The summed E-state index contributed by atoms with van der Waals surface area (Å²) in [6, 6.07) is 2.03. The third-order valence-corrected chi connectivity index (χ3v) is 3.17. The lowest BCUT2D eigenvalue weighted by Crippen LogP contribution is -2.49. The largest absolute Gasteiger partial charge is 0.507 e. The molecule has 3 rings (SSSR count). The summed E-state index contributed by atoms with van der Waals surface area (Å²) in [7, 11) is 0. The van der Waals surface area contributed by atoms with Crippen LogP contribution >= 0.6 is 11.6 Å². The van der Waals surface area contributed by atoms with Gasteiger partial charge in [-0.2, -0.15) is 0 Å². The number of urea groups is 1. The van der Waals surface area contributed by atoms with Crippen molar-refractivity contribution in [2.45, 2.75) is 5.66 Å². The van der Waals surface area contributed by atoms with Gasteiger partial charge in [0.05, 0.1) is 11.1 Å². The number of aliphatic hydroxyl groups excluding tert-OH is 1. The van der Waals surface area contributed by atoms with Gasteiger partial charge in [0.15, 0.2) is 5.76 Å². The van der Waals surface area contributed by atoms with E-state index in [1.165, 1.54) is 22.8 Å². The van der Waals surface area contributed by atoms with Crippen molar-refractivity contribution < 1.29 is 14.7 Å². The van der Waals surface area contributed by atoms with E-state index in [4.69, 9.17) is 17.0 Å². The highest BCUT2D eigenvalue weighted by Crippen LogP contribution is 2.36. The highest BCUT2D eigenvalue weighted by molar-refractivity contribution is 6.30. The van der Waals surface area contributed by atoms with Crippen LogP contribution in [0.2, 0.25) is 5.15 Å². The van der Waals surface area contributed by atoms with Crippen LogP contribution in [-0.4, -0.2) is 21.6 Å². The van der Waals surface area contributed by atoms with Crippen LogP contribution < -0.4 is 16.0 Å². The summed E-state index contributed by atoms with van der Waals surface area (Å²) in [4.78, 5) is 23.2. The van der Waals surface area contributed by atoms with Crippen molar-refractivity contribution in [2.75, 3.05) is 0 Å². The zero-order chi connectivity index (χ0) is 13.1. The molecule has 0 aromatic carbocycles. The zero-order valence-electron chi connectivity index (χ0n) is 8.82. The SMILES string of the molecule is N=c1cc(Cl)n2c(c1)C=C(O)C21NC(=O)NC1=O. The maximum Gasteiger partial charge on any atom is 0.324 e. The van der Waals surface area contributed by atoms with Crippen LogP contribution in [0.15, 0.2) is 17.9 Å². The number of imide groups is 1. The van der Waals surface area contributed by atoms with Gasteiger partial charge in [-0.1, -0.05) is 11.6 Å². The first-order chi connectivity index (χ1) is 8.45. The molecule has 1 aromatic heterocycles. The van der Waals surface area contributed by atoms with Crippen LogP contribution in [0.3, 0.4) is 0 Å². The van der Waals surface area contributed by atoms with E-state index in [-0.39, 0.29) is 16.3 Å². The molecule has 7 nitrogen and oxygen atoms in total. The van der Waals surface area contributed by atoms with Crippen molar-refractivity contribution in [2.24, 2.45) is 0 Å². The van der Waals surface area contributed by atoms with Crippen molar-refractivity contribution >= 4 is 29.6 Å². The standard InChI is InChI=1S/C10H7ClN4O3/c11-7-2-4(12)1-5-3-6(16)10(15(5)7)8(17)13-9(18)14-10/h1-3,12,16H,(H2,13,14,17,18). The molecule has 92 valence electrons. The smallest absolute Gasteiger partial charge is 0.324 e. The number of aliphatic hydroxyl groups is 1. The first kappa shape index (κ1) is 10.8. The van der Waals surface area contributed by atoms with Gasteiger partial charge in [-0.15, -0.1) is 0 Å². The van der Waals surface area contributed by atoms with Crippen LogP contribution in [0.25, 0.3) is 6.08 Å². The van der Waals surface area contributed by atoms with Gasteiger partial charge in [0.1, 0.15) is 5.15 Å². The maximum atomic E-state index is 11.9. The summed E-state index contributed by atoms with van der Waals surface area (Å²) >= 11 is 5.99. The first-order valence-corrected chi connectivity index (χ1v) is 5.35. The molecule has 1 unspecified atom stereocenters. The molecule has 3 heterocycles. The molecule has 1 atom stereocenters. The van der Waals surface area contributed by atoms with E-state index in [0.717, 1.165) is 0 Å². The van der Waals surface area contributed by atoms with Crippen molar-refractivity contribution in [3.63, 3.8) is 0 Å². The number of halogens is 1. The number of hydrogen-bond acceptors (Lipinski definition) is 4. The Morgan fingerprint density at radius 2 is 2.11 bits per heavy atom. The molecule has 1 saturated heterocycles. The molecule has 18 heavy (non-hydrogen) atoms. The number of carbonyl (C=O) groups excluding carboxylic acids is 2. The van der Waals surface area contributed by atoms with Crippen molar-refractivity contribution in [3.8, 4) is 0 Å². The van der Waals surface area contributed by atoms with Crippen molar-refractivity contribution in [1.29, 1.82) is 5.41 Å². The predicted octanol–water partition coefficient (Wildman–Crippen LogP) is 0.0257. The van der Waals surface area contributed by atoms with Gasteiger partial charge in [-0.05, 0) is 12.1 Å². The monoisotopic (exact) mass is 266 g/mol. The second-order valence-electron chi connectivity index (χ2n) is 3.98. The van der Waals surface area contributed by atoms with Gasteiger partial charge in [-0.25, -0.2) is 4.79 Å². The number of hydrogen-bond donors (Lipinski definition) is 4. The Kier molecular flexibility index (Phi) is 1.89. The highest BCUT2D eigenvalue weighted by Gasteiger charge is 2.55. The Balaban J connectivity index is 2.35. The van der Waals surface area contributed by atoms with Gasteiger partial charge in [0.25, 0.3) is 11.6 Å². The quantitative estimate of drug-likeness (QED) is 0.393.